The van der Waals surface area contributed by atoms with Gasteiger partial charge in [0.05, 0.1) is 11.1 Å². The average Bonchev–Trinajstić information content (AvgIpc) is 2.47. The summed E-state index contributed by atoms with van der Waals surface area (Å²) >= 11 is 0. The Labute approximate surface area is 125 Å². The van der Waals surface area contributed by atoms with E-state index in [1.807, 2.05) is 0 Å². The van der Waals surface area contributed by atoms with Gasteiger partial charge in [-0.15, -0.1) is 0 Å². The summed E-state index contributed by atoms with van der Waals surface area (Å²) in [6, 6.07) is 11.4. The summed E-state index contributed by atoms with van der Waals surface area (Å²) in [4.78, 5) is 33.8. The number of carboxylic acid groups (broad SMARTS) is 2. The molecule has 2 rings (SSSR count). The second-order valence-corrected chi connectivity index (χ2v) is 4.35. The van der Waals surface area contributed by atoms with Crippen LogP contribution in [0.1, 0.15) is 20.7 Å². The first kappa shape index (κ1) is 15.0. The lowest BCUT2D eigenvalue weighted by molar-refractivity contribution is 0.0696. The molecule has 22 heavy (non-hydrogen) atoms. The quantitative estimate of drug-likeness (QED) is 0.693. The van der Waals surface area contributed by atoms with E-state index in [1.54, 1.807) is 30.3 Å². The molecule has 4 N–H and O–H groups in total. The van der Waals surface area contributed by atoms with Gasteiger partial charge in [-0.1, -0.05) is 18.2 Å². The zero-order chi connectivity index (χ0) is 16.1. The summed E-state index contributed by atoms with van der Waals surface area (Å²) in [5.41, 5.74) is 0.170. The van der Waals surface area contributed by atoms with Crippen molar-refractivity contribution in [2.75, 3.05) is 10.6 Å². The smallest absolute Gasteiger partial charge is 0.335 e. The topological polar surface area (TPSA) is 116 Å². The van der Waals surface area contributed by atoms with E-state index >= 15 is 0 Å². The minimum Gasteiger partial charge on any atom is -0.478 e. The molecule has 2 aromatic carbocycles. The Morgan fingerprint density at radius 2 is 1.23 bits per heavy atom. The molecule has 7 nitrogen and oxygen atoms in total. The van der Waals surface area contributed by atoms with Crippen molar-refractivity contribution in [2.45, 2.75) is 0 Å². The van der Waals surface area contributed by atoms with Crippen molar-refractivity contribution in [1.29, 1.82) is 0 Å². The van der Waals surface area contributed by atoms with Gasteiger partial charge in [0.2, 0.25) is 0 Å². The van der Waals surface area contributed by atoms with Gasteiger partial charge in [-0.2, -0.15) is 0 Å². The van der Waals surface area contributed by atoms with Gasteiger partial charge >= 0.3 is 18.0 Å². The third kappa shape index (κ3) is 3.83. The molecule has 0 fully saturated rings. The Morgan fingerprint density at radius 3 is 1.73 bits per heavy atom. The van der Waals surface area contributed by atoms with E-state index in [2.05, 4.69) is 10.6 Å². The summed E-state index contributed by atoms with van der Waals surface area (Å²) < 4.78 is 0. The first-order chi connectivity index (χ1) is 10.5. The molecule has 0 aliphatic rings. The fourth-order valence-electron chi connectivity index (χ4n) is 1.76. The van der Waals surface area contributed by atoms with Gasteiger partial charge in [0.1, 0.15) is 0 Å². The fraction of sp³-hybridized carbons (Fsp3) is 0. The lowest BCUT2D eigenvalue weighted by Crippen LogP contribution is -2.20. The standard InChI is InChI=1S/C15H12N2O5/c18-13(19)9-6-10(14(20)21)8-12(7-9)17-15(22)16-11-4-2-1-3-5-11/h1-8H,(H,18,19)(H,20,21)(H2,16,17,22). The number of carboxylic acids is 2. The van der Waals surface area contributed by atoms with E-state index in [-0.39, 0.29) is 16.8 Å². The molecule has 0 bridgehead atoms. The third-order valence-electron chi connectivity index (χ3n) is 2.72. The predicted octanol–water partition coefficient (Wildman–Crippen LogP) is 2.73. The number of hydrogen-bond donors (Lipinski definition) is 4. The maximum absolute atomic E-state index is 11.8. The number of carbonyl (C=O) groups is 3. The second kappa shape index (κ2) is 6.40. The largest absolute Gasteiger partial charge is 0.478 e. The summed E-state index contributed by atoms with van der Waals surface area (Å²) in [5.74, 6) is -2.57. The molecule has 2 amide bonds. The van der Waals surface area contributed by atoms with E-state index in [0.717, 1.165) is 6.07 Å². The number of benzene rings is 2. The van der Waals surface area contributed by atoms with Crippen molar-refractivity contribution in [3.63, 3.8) is 0 Å². The zero-order valence-electron chi connectivity index (χ0n) is 11.2. The lowest BCUT2D eigenvalue weighted by atomic mass is 10.1. The number of urea groups is 1. The SMILES string of the molecule is O=C(Nc1ccccc1)Nc1cc(C(=O)O)cc(C(=O)O)c1. The van der Waals surface area contributed by atoms with Crippen LogP contribution in [0.15, 0.2) is 48.5 Å². The summed E-state index contributed by atoms with van der Waals surface area (Å²) in [6.45, 7) is 0. The van der Waals surface area contributed by atoms with E-state index in [9.17, 15) is 14.4 Å². The second-order valence-electron chi connectivity index (χ2n) is 4.35. The van der Waals surface area contributed by atoms with Crippen LogP contribution in [-0.4, -0.2) is 28.2 Å². The van der Waals surface area contributed by atoms with E-state index in [1.165, 1.54) is 12.1 Å². The van der Waals surface area contributed by atoms with Gasteiger partial charge in [-0.3, -0.25) is 0 Å². The zero-order valence-corrected chi connectivity index (χ0v) is 11.2. The minimum absolute atomic E-state index is 0.0748. The Morgan fingerprint density at radius 1 is 0.727 bits per heavy atom. The number of hydrogen-bond acceptors (Lipinski definition) is 3. The van der Waals surface area contributed by atoms with Gasteiger partial charge in [0, 0.05) is 11.4 Å². The number of rotatable bonds is 4. The Bertz CT molecular complexity index is 696. The highest BCUT2D eigenvalue weighted by atomic mass is 16.4. The molecule has 0 aliphatic carbocycles. The van der Waals surface area contributed by atoms with Gasteiger partial charge in [-0.25, -0.2) is 14.4 Å². The van der Waals surface area contributed by atoms with Crippen LogP contribution >= 0.6 is 0 Å². The highest BCUT2D eigenvalue weighted by molar-refractivity contribution is 6.02. The Hall–Kier alpha value is -3.35. The Kier molecular flexibility index (Phi) is 4.38. The minimum atomic E-state index is -1.28. The van der Waals surface area contributed by atoms with Crippen LogP contribution in [0.4, 0.5) is 16.2 Å². The molecule has 112 valence electrons. The number of para-hydroxylation sites is 1. The van der Waals surface area contributed by atoms with Crippen molar-refractivity contribution in [2.24, 2.45) is 0 Å². The van der Waals surface area contributed by atoms with Crippen LogP contribution in [0, 0.1) is 0 Å². The highest BCUT2D eigenvalue weighted by Crippen LogP contribution is 2.16. The molecule has 0 saturated heterocycles. The lowest BCUT2D eigenvalue weighted by Gasteiger charge is -2.09. The van der Waals surface area contributed by atoms with E-state index in [0.29, 0.717) is 5.69 Å². The molecule has 0 aliphatic heterocycles. The normalized spacial score (nSPS) is 9.82. The fourth-order valence-corrected chi connectivity index (χ4v) is 1.76. The molecule has 0 unspecified atom stereocenters. The first-order valence-corrected chi connectivity index (χ1v) is 6.20. The molecular weight excluding hydrogens is 288 g/mol. The number of aromatic carboxylic acids is 2. The van der Waals surface area contributed by atoms with E-state index < -0.39 is 18.0 Å². The molecule has 0 radical (unpaired) electrons. The van der Waals surface area contributed by atoms with E-state index in [4.69, 9.17) is 10.2 Å². The van der Waals surface area contributed by atoms with Gasteiger partial charge in [-0.05, 0) is 30.3 Å². The molecule has 0 heterocycles. The molecular formula is C15H12N2O5. The van der Waals surface area contributed by atoms with Crippen molar-refractivity contribution >= 4 is 29.3 Å². The molecule has 0 aromatic heterocycles. The summed E-state index contributed by atoms with van der Waals surface area (Å²) in [7, 11) is 0. The highest BCUT2D eigenvalue weighted by Gasteiger charge is 2.12. The predicted molar refractivity (Wildman–Crippen MR) is 79.4 cm³/mol. The van der Waals surface area contributed by atoms with Crippen LogP contribution < -0.4 is 10.6 Å². The van der Waals surface area contributed by atoms with Crippen molar-refractivity contribution < 1.29 is 24.6 Å². The molecule has 0 atom stereocenters. The van der Waals surface area contributed by atoms with Crippen LogP contribution in [0.5, 0.6) is 0 Å². The first-order valence-electron chi connectivity index (χ1n) is 6.20. The van der Waals surface area contributed by atoms with Crippen molar-refractivity contribution in [3.05, 3.63) is 59.7 Å². The number of carbonyl (C=O) groups excluding carboxylic acids is 1. The average molecular weight is 300 g/mol. The number of amides is 2. The molecule has 7 heteroatoms. The molecule has 2 aromatic rings. The monoisotopic (exact) mass is 300 g/mol. The van der Waals surface area contributed by atoms with Crippen LogP contribution in [0.25, 0.3) is 0 Å². The maximum atomic E-state index is 11.8. The number of anilines is 2. The maximum Gasteiger partial charge on any atom is 0.335 e. The van der Waals surface area contributed by atoms with Gasteiger partial charge in [0.25, 0.3) is 0 Å². The molecule has 0 spiro atoms. The van der Waals surface area contributed by atoms with Gasteiger partial charge in [0.15, 0.2) is 0 Å². The molecule has 0 saturated carbocycles. The van der Waals surface area contributed by atoms with Crippen LogP contribution in [-0.2, 0) is 0 Å². The van der Waals surface area contributed by atoms with Crippen molar-refractivity contribution in [1.82, 2.24) is 0 Å². The third-order valence-corrected chi connectivity index (χ3v) is 2.72. The van der Waals surface area contributed by atoms with Crippen LogP contribution in [0.2, 0.25) is 0 Å². The number of nitrogens with one attached hydrogen (secondary N) is 2. The summed E-state index contributed by atoms with van der Waals surface area (Å²) in [6.07, 6.45) is 0. The Balaban J connectivity index is 2.19. The summed E-state index contributed by atoms with van der Waals surface area (Å²) in [5, 5.41) is 22.9. The van der Waals surface area contributed by atoms with Crippen LogP contribution in [0.3, 0.4) is 0 Å². The van der Waals surface area contributed by atoms with Crippen molar-refractivity contribution in [3.8, 4) is 0 Å². The van der Waals surface area contributed by atoms with Gasteiger partial charge < -0.3 is 20.8 Å².